The van der Waals surface area contributed by atoms with Gasteiger partial charge in [-0.2, -0.15) is 0 Å². The maximum absolute atomic E-state index is 12.4. The number of nitrogens with two attached hydrogens (primary N) is 1. The second-order valence-corrected chi connectivity index (χ2v) is 6.43. The van der Waals surface area contributed by atoms with E-state index in [0.29, 0.717) is 28.0 Å². The summed E-state index contributed by atoms with van der Waals surface area (Å²) in [5.41, 5.74) is 5.74. The molecule has 0 aliphatic rings. The maximum atomic E-state index is 12.4. The van der Waals surface area contributed by atoms with Gasteiger partial charge in [-0.3, -0.25) is 9.59 Å². The summed E-state index contributed by atoms with van der Waals surface area (Å²) in [6, 6.07) is 6.16. The van der Waals surface area contributed by atoms with Gasteiger partial charge in [0.2, 0.25) is 5.91 Å². The maximum Gasteiger partial charge on any atom is 0.253 e. The standard InChI is InChI=1S/C15H17ClN4O3S/c1-3-11(24-15-19-12(17)7-13(21)20-15)14(22)18-8-4-5-10(23-2)9(16)6-8/h4-7,11H,3H2,1-2H3,(H,18,22)(H3,17,19,20,21). The van der Waals surface area contributed by atoms with Gasteiger partial charge in [-0.1, -0.05) is 30.3 Å². The number of halogens is 1. The van der Waals surface area contributed by atoms with Gasteiger partial charge in [0.15, 0.2) is 5.16 Å². The Balaban J connectivity index is 2.11. The van der Waals surface area contributed by atoms with E-state index in [1.165, 1.54) is 13.2 Å². The summed E-state index contributed by atoms with van der Waals surface area (Å²) in [4.78, 5) is 30.4. The van der Waals surface area contributed by atoms with Gasteiger partial charge in [-0.25, -0.2) is 4.98 Å². The topological polar surface area (TPSA) is 110 Å². The fraction of sp³-hybridized carbons (Fsp3) is 0.267. The minimum atomic E-state index is -0.448. The minimum absolute atomic E-state index is 0.110. The number of nitrogens with zero attached hydrogens (tertiary/aromatic N) is 1. The Kier molecular flexibility index (Phi) is 6.10. The molecular weight excluding hydrogens is 352 g/mol. The van der Waals surface area contributed by atoms with Crippen molar-refractivity contribution in [1.82, 2.24) is 9.97 Å². The predicted molar refractivity (Wildman–Crippen MR) is 95.8 cm³/mol. The van der Waals surface area contributed by atoms with Crippen LogP contribution in [0.25, 0.3) is 0 Å². The van der Waals surface area contributed by atoms with Gasteiger partial charge in [0, 0.05) is 11.8 Å². The highest BCUT2D eigenvalue weighted by molar-refractivity contribution is 8.00. The van der Waals surface area contributed by atoms with Crippen molar-refractivity contribution in [3.05, 3.63) is 39.6 Å². The molecule has 1 amide bonds. The van der Waals surface area contributed by atoms with E-state index in [0.717, 1.165) is 11.8 Å². The first-order chi connectivity index (χ1) is 11.4. The lowest BCUT2D eigenvalue weighted by molar-refractivity contribution is -0.115. The molecule has 24 heavy (non-hydrogen) atoms. The predicted octanol–water partition coefficient (Wildman–Crippen LogP) is 2.52. The molecule has 1 atom stereocenters. The Morgan fingerprint density at radius 3 is 2.83 bits per heavy atom. The van der Waals surface area contributed by atoms with Gasteiger partial charge < -0.3 is 20.8 Å². The molecule has 2 aromatic rings. The third kappa shape index (κ3) is 4.65. The first-order valence-electron chi connectivity index (χ1n) is 7.10. The van der Waals surface area contributed by atoms with Crippen LogP contribution < -0.4 is 21.3 Å². The summed E-state index contributed by atoms with van der Waals surface area (Å²) in [7, 11) is 1.52. The van der Waals surface area contributed by atoms with E-state index in [9.17, 15) is 9.59 Å². The molecule has 0 aliphatic heterocycles. The Hall–Kier alpha value is -2.19. The molecule has 0 radical (unpaired) electrons. The number of methoxy groups -OCH3 is 1. The third-order valence-electron chi connectivity index (χ3n) is 3.08. The molecule has 4 N–H and O–H groups in total. The molecule has 1 aromatic carbocycles. The summed E-state index contributed by atoms with van der Waals surface area (Å²) in [5, 5.41) is 3.04. The van der Waals surface area contributed by atoms with Crippen molar-refractivity contribution in [2.75, 3.05) is 18.2 Å². The average Bonchev–Trinajstić information content (AvgIpc) is 2.51. The molecule has 0 saturated heterocycles. The van der Waals surface area contributed by atoms with Crippen LogP contribution in [0.4, 0.5) is 11.5 Å². The average molecular weight is 369 g/mol. The Morgan fingerprint density at radius 1 is 1.50 bits per heavy atom. The monoisotopic (exact) mass is 368 g/mol. The number of carbonyl (C=O) groups excluding carboxylic acids is 1. The van der Waals surface area contributed by atoms with Crippen LogP contribution in [0, 0.1) is 0 Å². The molecule has 0 aliphatic carbocycles. The van der Waals surface area contributed by atoms with E-state index >= 15 is 0 Å². The van der Waals surface area contributed by atoms with Crippen molar-refractivity contribution in [3.63, 3.8) is 0 Å². The molecule has 1 aromatic heterocycles. The molecule has 1 heterocycles. The van der Waals surface area contributed by atoms with Crippen LogP contribution in [0.2, 0.25) is 5.02 Å². The molecule has 0 spiro atoms. The molecule has 9 heteroatoms. The lowest BCUT2D eigenvalue weighted by Gasteiger charge is -2.14. The van der Waals surface area contributed by atoms with E-state index in [2.05, 4.69) is 15.3 Å². The number of anilines is 2. The number of hydrogen-bond acceptors (Lipinski definition) is 6. The van der Waals surface area contributed by atoms with Crippen LogP contribution in [0.3, 0.4) is 0 Å². The normalized spacial score (nSPS) is 11.8. The van der Waals surface area contributed by atoms with Crippen molar-refractivity contribution in [2.45, 2.75) is 23.8 Å². The highest BCUT2D eigenvalue weighted by Crippen LogP contribution is 2.28. The Labute approximate surface area is 148 Å². The number of aromatic nitrogens is 2. The molecular formula is C15H17ClN4O3S. The number of carbonyl (C=O) groups is 1. The summed E-state index contributed by atoms with van der Waals surface area (Å²) >= 11 is 7.19. The zero-order valence-electron chi connectivity index (χ0n) is 13.1. The van der Waals surface area contributed by atoms with Crippen LogP contribution in [-0.2, 0) is 4.79 Å². The Morgan fingerprint density at radius 2 is 2.25 bits per heavy atom. The van der Waals surface area contributed by atoms with E-state index in [4.69, 9.17) is 22.1 Å². The SMILES string of the molecule is CCC(Sc1nc(N)cc(=O)[nH]1)C(=O)Nc1ccc(OC)c(Cl)c1. The zero-order chi connectivity index (χ0) is 17.7. The number of rotatable bonds is 6. The second-order valence-electron chi connectivity index (χ2n) is 4.83. The fourth-order valence-electron chi connectivity index (χ4n) is 1.93. The van der Waals surface area contributed by atoms with Gasteiger partial charge in [0.1, 0.15) is 11.6 Å². The third-order valence-corrected chi connectivity index (χ3v) is 4.62. The quantitative estimate of drug-likeness (QED) is 0.533. The minimum Gasteiger partial charge on any atom is -0.495 e. The van der Waals surface area contributed by atoms with Crippen LogP contribution in [0.1, 0.15) is 13.3 Å². The summed E-state index contributed by atoms with van der Waals surface area (Å²) in [6.07, 6.45) is 0.541. The number of benzene rings is 1. The van der Waals surface area contributed by atoms with Crippen molar-refractivity contribution in [3.8, 4) is 5.75 Å². The Bertz CT molecular complexity index is 797. The van der Waals surface area contributed by atoms with Crippen molar-refractivity contribution < 1.29 is 9.53 Å². The van der Waals surface area contributed by atoms with E-state index < -0.39 is 5.25 Å². The van der Waals surface area contributed by atoms with E-state index in [1.54, 1.807) is 18.2 Å². The second kappa shape index (κ2) is 8.07. The highest BCUT2D eigenvalue weighted by atomic mass is 35.5. The van der Waals surface area contributed by atoms with Crippen molar-refractivity contribution >= 4 is 40.8 Å². The van der Waals surface area contributed by atoms with Gasteiger partial charge in [-0.05, 0) is 24.6 Å². The van der Waals surface area contributed by atoms with Crippen molar-refractivity contribution in [2.24, 2.45) is 0 Å². The van der Waals surface area contributed by atoms with E-state index in [-0.39, 0.29) is 17.3 Å². The largest absolute Gasteiger partial charge is 0.495 e. The lowest BCUT2D eigenvalue weighted by Crippen LogP contribution is -2.25. The number of ether oxygens (including phenoxy) is 1. The molecule has 2 rings (SSSR count). The van der Waals surface area contributed by atoms with Crippen LogP contribution in [-0.4, -0.2) is 28.2 Å². The smallest absolute Gasteiger partial charge is 0.253 e. The van der Waals surface area contributed by atoms with Gasteiger partial charge in [0.25, 0.3) is 5.56 Å². The zero-order valence-corrected chi connectivity index (χ0v) is 14.7. The van der Waals surface area contributed by atoms with Gasteiger partial charge in [0.05, 0.1) is 17.4 Å². The molecule has 0 bridgehead atoms. The highest BCUT2D eigenvalue weighted by Gasteiger charge is 2.20. The molecule has 128 valence electrons. The molecule has 0 fully saturated rings. The van der Waals surface area contributed by atoms with Crippen LogP contribution in [0.5, 0.6) is 5.75 Å². The number of amides is 1. The van der Waals surface area contributed by atoms with Crippen LogP contribution >= 0.6 is 23.4 Å². The van der Waals surface area contributed by atoms with Crippen LogP contribution in [0.15, 0.2) is 34.2 Å². The van der Waals surface area contributed by atoms with Gasteiger partial charge >= 0.3 is 0 Å². The molecule has 7 nitrogen and oxygen atoms in total. The number of H-pyrrole nitrogens is 1. The fourth-order valence-corrected chi connectivity index (χ4v) is 3.11. The first-order valence-corrected chi connectivity index (χ1v) is 8.36. The van der Waals surface area contributed by atoms with Gasteiger partial charge in [-0.15, -0.1) is 0 Å². The first kappa shape index (κ1) is 18.2. The number of aromatic amines is 1. The van der Waals surface area contributed by atoms with Crippen molar-refractivity contribution in [1.29, 1.82) is 0 Å². The van der Waals surface area contributed by atoms with E-state index in [1.807, 2.05) is 6.92 Å². The number of nitrogens with one attached hydrogen (secondary N) is 2. The summed E-state index contributed by atoms with van der Waals surface area (Å²) < 4.78 is 5.07. The summed E-state index contributed by atoms with van der Waals surface area (Å²) in [6.45, 7) is 1.86. The number of thioether (sulfide) groups is 1. The molecule has 1 unspecified atom stereocenters. The summed E-state index contributed by atoms with van der Waals surface area (Å²) in [5.74, 6) is 0.407. The lowest BCUT2D eigenvalue weighted by atomic mass is 10.2. The molecule has 0 saturated carbocycles. The number of hydrogen-bond donors (Lipinski definition) is 3. The number of nitrogen functional groups attached to an aromatic ring is 1.